The second kappa shape index (κ2) is 10.9. The van der Waals surface area contributed by atoms with E-state index in [2.05, 4.69) is 27.4 Å². The number of likely N-dealkylation sites (tertiary alicyclic amines) is 1. The smallest absolute Gasteiger partial charge is 0.191 e. The van der Waals surface area contributed by atoms with Crippen LogP contribution in [0.5, 0.6) is 0 Å². The second-order valence-corrected chi connectivity index (χ2v) is 5.24. The number of hydrogen-bond donors (Lipinski definition) is 2. The number of hydrogen-bond acceptors (Lipinski definition) is 3. The molecule has 1 saturated heterocycles. The van der Waals surface area contributed by atoms with Crippen molar-refractivity contribution in [3.05, 3.63) is 0 Å². The lowest BCUT2D eigenvalue weighted by Crippen LogP contribution is -2.46. The Labute approximate surface area is 124 Å². The van der Waals surface area contributed by atoms with Gasteiger partial charge >= 0.3 is 0 Å². The summed E-state index contributed by atoms with van der Waals surface area (Å²) in [6.45, 7) is 10.3. The van der Waals surface area contributed by atoms with E-state index in [0.29, 0.717) is 6.04 Å². The Hall–Kier alpha value is -0.810. The molecule has 0 aromatic carbocycles. The Balaban J connectivity index is 2.18. The molecular formula is C15H32N4O. The lowest BCUT2D eigenvalue weighted by molar-refractivity contribution is 0.145. The summed E-state index contributed by atoms with van der Waals surface area (Å²) >= 11 is 0. The predicted molar refractivity (Wildman–Crippen MR) is 85.4 cm³/mol. The molecule has 0 amide bonds. The van der Waals surface area contributed by atoms with Crippen molar-refractivity contribution in [1.29, 1.82) is 0 Å². The van der Waals surface area contributed by atoms with Crippen molar-refractivity contribution in [3.63, 3.8) is 0 Å². The zero-order valence-corrected chi connectivity index (χ0v) is 13.5. The molecule has 1 heterocycles. The van der Waals surface area contributed by atoms with Gasteiger partial charge in [0.1, 0.15) is 0 Å². The molecular weight excluding hydrogens is 252 g/mol. The Morgan fingerprint density at radius 1 is 1.25 bits per heavy atom. The van der Waals surface area contributed by atoms with E-state index in [9.17, 15) is 0 Å². The van der Waals surface area contributed by atoms with Gasteiger partial charge in [0, 0.05) is 39.4 Å². The van der Waals surface area contributed by atoms with Gasteiger partial charge in [-0.25, -0.2) is 0 Å². The first kappa shape index (κ1) is 17.2. The van der Waals surface area contributed by atoms with Crippen molar-refractivity contribution in [3.8, 4) is 0 Å². The fourth-order valence-corrected chi connectivity index (χ4v) is 2.60. The molecule has 2 N–H and O–H groups in total. The third-order valence-corrected chi connectivity index (χ3v) is 3.82. The van der Waals surface area contributed by atoms with Crippen molar-refractivity contribution >= 4 is 5.96 Å². The number of guanidine groups is 1. The topological polar surface area (TPSA) is 48.9 Å². The molecule has 0 aromatic heterocycles. The second-order valence-electron chi connectivity index (χ2n) is 5.24. The predicted octanol–water partition coefficient (Wildman–Crippen LogP) is 1.45. The highest BCUT2D eigenvalue weighted by Gasteiger charge is 2.20. The summed E-state index contributed by atoms with van der Waals surface area (Å²) in [7, 11) is 1.83. The molecule has 5 heteroatoms. The van der Waals surface area contributed by atoms with Crippen molar-refractivity contribution in [2.75, 3.05) is 46.4 Å². The molecule has 1 aliphatic heterocycles. The lowest BCUT2D eigenvalue weighted by atomic mass is 10.2. The van der Waals surface area contributed by atoms with Crippen LogP contribution >= 0.6 is 0 Å². The van der Waals surface area contributed by atoms with Crippen molar-refractivity contribution in [2.24, 2.45) is 4.99 Å². The number of rotatable bonds is 9. The zero-order chi connectivity index (χ0) is 14.6. The number of nitrogens with one attached hydrogen (secondary N) is 2. The maximum absolute atomic E-state index is 5.33. The van der Waals surface area contributed by atoms with Gasteiger partial charge < -0.3 is 15.4 Å². The zero-order valence-electron chi connectivity index (χ0n) is 13.5. The van der Waals surface area contributed by atoms with Crippen molar-refractivity contribution in [2.45, 2.75) is 45.6 Å². The Kier molecular flexibility index (Phi) is 9.41. The largest absolute Gasteiger partial charge is 0.382 e. The van der Waals surface area contributed by atoms with Crippen LogP contribution in [0, 0.1) is 0 Å². The quantitative estimate of drug-likeness (QED) is 0.382. The first-order valence-corrected chi connectivity index (χ1v) is 8.08. The van der Waals surface area contributed by atoms with Gasteiger partial charge in [-0.15, -0.1) is 0 Å². The van der Waals surface area contributed by atoms with Crippen LogP contribution in [0.25, 0.3) is 0 Å². The average molecular weight is 284 g/mol. The van der Waals surface area contributed by atoms with Gasteiger partial charge in [0.05, 0.1) is 0 Å². The maximum Gasteiger partial charge on any atom is 0.191 e. The monoisotopic (exact) mass is 284 g/mol. The first-order valence-electron chi connectivity index (χ1n) is 8.08. The van der Waals surface area contributed by atoms with E-state index in [0.717, 1.165) is 38.7 Å². The molecule has 20 heavy (non-hydrogen) atoms. The van der Waals surface area contributed by atoms with Gasteiger partial charge in [0.25, 0.3) is 0 Å². The Morgan fingerprint density at radius 3 is 2.60 bits per heavy atom. The van der Waals surface area contributed by atoms with Gasteiger partial charge in [-0.2, -0.15) is 0 Å². The highest BCUT2D eigenvalue weighted by molar-refractivity contribution is 5.79. The summed E-state index contributed by atoms with van der Waals surface area (Å²) in [5.41, 5.74) is 0. The number of aliphatic imine (C=N–C) groups is 1. The molecule has 1 rings (SSSR count). The van der Waals surface area contributed by atoms with E-state index < -0.39 is 0 Å². The van der Waals surface area contributed by atoms with Gasteiger partial charge in [0.15, 0.2) is 5.96 Å². The molecule has 0 aromatic rings. The Morgan fingerprint density at radius 2 is 2.00 bits per heavy atom. The Bertz CT molecular complexity index is 265. The van der Waals surface area contributed by atoms with Crippen LogP contribution in [0.15, 0.2) is 4.99 Å². The molecule has 0 aliphatic carbocycles. The van der Waals surface area contributed by atoms with E-state index in [-0.39, 0.29) is 0 Å². The van der Waals surface area contributed by atoms with E-state index in [4.69, 9.17) is 4.74 Å². The van der Waals surface area contributed by atoms with Crippen LogP contribution in [0.4, 0.5) is 0 Å². The van der Waals surface area contributed by atoms with Crippen molar-refractivity contribution < 1.29 is 4.74 Å². The fraction of sp³-hybridized carbons (Fsp3) is 0.933. The van der Waals surface area contributed by atoms with Crippen LogP contribution in [0.2, 0.25) is 0 Å². The molecule has 1 unspecified atom stereocenters. The number of nitrogens with zero attached hydrogens (tertiary/aromatic N) is 2. The van der Waals surface area contributed by atoms with Gasteiger partial charge in [-0.05, 0) is 45.7 Å². The molecule has 0 spiro atoms. The molecule has 1 atom stereocenters. The summed E-state index contributed by atoms with van der Waals surface area (Å²) in [6, 6.07) is 0.625. The van der Waals surface area contributed by atoms with E-state index in [1.54, 1.807) is 0 Å². The van der Waals surface area contributed by atoms with E-state index in [1.807, 2.05) is 14.0 Å². The van der Waals surface area contributed by atoms with Crippen LogP contribution in [-0.2, 0) is 4.74 Å². The molecule has 1 aliphatic rings. The molecule has 0 saturated carbocycles. The summed E-state index contributed by atoms with van der Waals surface area (Å²) in [5.74, 6) is 0.902. The molecule has 0 radical (unpaired) electrons. The minimum atomic E-state index is 0.625. The third-order valence-electron chi connectivity index (χ3n) is 3.82. The van der Waals surface area contributed by atoms with E-state index >= 15 is 0 Å². The summed E-state index contributed by atoms with van der Waals surface area (Å²) in [4.78, 5) is 6.87. The van der Waals surface area contributed by atoms with Gasteiger partial charge in [-0.1, -0.05) is 6.92 Å². The van der Waals surface area contributed by atoms with Crippen molar-refractivity contribution in [1.82, 2.24) is 15.5 Å². The SMILES string of the molecule is CCOCCCNC(=NC)NCC(CC)N1CCCC1. The summed E-state index contributed by atoms with van der Waals surface area (Å²) in [5, 5.41) is 6.78. The minimum Gasteiger partial charge on any atom is -0.382 e. The first-order chi connectivity index (χ1) is 9.81. The third kappa shape index (κ3) is 6.57. The van der Waals surface area contributed by atoms with Gasteiger partial charge in [-0.3, -0.25) is 9.89 Å². The van der Waals surface area contributed by atoms with Crippen LogP contribution in [0.1, 0.15) is 39.5 Å². The maximum atomic E-state index is 5.33. The highest BCUT2D eigenvalue weighted by Crippen LogP contribution is 2.13. The summed E-state index contributed by atoms with van der Waals surface area (Å²) in [6.07, 6.45) is 4.90. The standard InChI is InChI=1S/C15H32N4O/c1-4-14(19-10-6-7-11-19)13-18-15(16-3)17-9-8-12-20-5-2/h14H,4-13H2,1-3H3,(H2,16,17,18). The molecule has 0 bridgehead atoms. The van der Waals surface area contributed by atoms with Gasteiger partial charge in [0.2, 0.25) is 0 Å². The molecule has 1 fully saturated rings. The normalized spacial score (nSPS) is 18.2. The minimum absolute atomic E-state index is 0.625. The lowest BCUT2D eigenvalue weighted by Gasteiger charge is -2.27. The fourth-order valence-electron chi connectivity index (χ4n) is 2.60. The van der Waals surface area contributed by atoms with E-state index in [1.165, 1.54) is 32.4 Å². The average Bonchev–Trinajstić information content (AvgIpc) is 2.99. The number of ether oxygens (including phenoxy) is 1. The van der Waals surface area contributed by atoms with Crippen LogP contribution in [-0.4, -0.2) is 63.3 Å². The summed E-state index contributed by atoms with van der Waals surface area (Å²) < 4.78 is 5.33. The molecule has 118 valence electrons. The van der Waals surface area contributed by atoms with Crippen LogP contribution < -0.4 is 10.6 Å². The highest BCUT2D eigenvalue weighted by atomic mass is 16.5. The molecule has 5 nitrogen and oxygen atoms in total. The van der Waals surface area contributed by atoms with Crippen LogP contribution in [0.3, 0.4) is 0 Å².